The Hall–Kier alpha value is -4.18. The molecule has 29 heavy (non-hydrogen) atoms. The molecule has 0 bridgehead atoms. The number of carboxylic acid groups (broad SMARTS) is 1. The topological polar surface area (TPSA) is 92.4 Å². The van der Waals surface area contributed by atoms with Crippen LogP contribution in [-0.2, 0) is 11.4 Å². The van der Waals surface area contributed by atoms with Crippen molar-refractivity contribution in [3.8, 4) is 23.4 Å². The molecule has 0 radical (unpaired) electrons. The quantitative estimate of drug-likeness (QED) is 0.595. The molecule has 0 saturated heterocycles. The monoisotopic (exact) mass is 390 g/mol. The highest BCUT2D eigenvalue weighted by atomic mass is 19.1. The number of rotatable bonds is 7. The van der Waals surface area contributed by atoms with Crippen LogP contribution in [0, 0.1) is 17.1 Å². The SMILES string of the molecule is N#Cc1ccc(COc2ccc(Oc3ccc(C=CC(=O)O)cc3F)nc2)cc1. The fraction of sp³-hybridized carbons (Fsp3) is 0.0455. The number of halogens is 1. The molecule has 7 heteroatoms. The maximum Gasteiger partial charge on any atom is 0.328 e. The van der Waals surface area contributed by atoms with E-state index in [4.69, 9.17) is 19.8 Å². The third kappa shape index (κ3) is 5.65. The normalized spacial score (nSPS) is 10.5. The Labute approximate surface area is 166 Å². The van der Waals surface area contributed by atoms with Gasteiger partial charge in [0.2, 0.25) is 5.88 Å². The first-order chi connectivity index (χ1) is 14.0. The molecule has 0 aliphatic heterocycles. The summed E-state index contributed by atoms with van der Waals surface area (Å²) in [6.45, 7) is 0.313. The van der Waals surface area contributed by atoms with Gasteiger partial charge in [-0.25, -0.2) is 14.2 Å². The van der Waals surface area contributed by atoms with E-state index in [-0.39, 0.29) is 11.6 Å². The maximum absolute atomic E-state index is 14.1. The van der Waals surface area contributed by atoms with Gasteiger partial charge >= 0.3 is 5.97 Å². The Morgan fingerprint density at radius 2 is 1.97 bits per heavy atom. The molecule has 3 rings (SSSR count). The zero-order valence-corrected chi connectivity index (χ0v) is 15.1. The largest absolute Gasteiger partial charge is 0.487 e. The van der Waals surface area contributed by atoms with Crippen LogP contribution >= 0.6 is 0 Å². The molecule has 0 aliphatic carbocycles. The van der Waals surface area contributed by atoms with Crippen LogP contribution in [0.5, 0.6) is 17.4 Å². The van der Waals surface area contributed by atoms with E-state index in [1.807, 2.05) is 12.1 Å². The van der Waals surface area contributed by atoms with Gasteiger partial charge in [0.05, 0.1) is 17.8 Å². The highest BCUT2D eigenvalue weighted by Gasteiger charge is 2.07. The molecule has 3 aromatic rings. The number of nitrogens with zero attached hydrogens (tertiary/aromatic N) is 2. The third-order valence-corrected chi connectivity index (χ3v) is 3.79. The second-order valence-corrected chi connectivity index (χ2v) is 5.89. The molecule has 0 aliphatic rings. The lowest BCUT2D eigenvalue weighted by atomic mass is 10.2. The van der Waals surface area contributed by atoms with Gasteiger partial charge < -0.3 is 14.6 Å². The summed E-state index contributed by atoms with van der Waals surface area (Å²) in [5.41, 5.74) is 1.88. The van der Waals surface area contributed by atoms with Gasteiger partial charge in [0.1, 0.15) is 12.4 Å². The average molecular weight is 390 g/mol. The van der Waals surface area contributed by atoms with Crippen molar-refractivity contribution in [3.05, 3.63) is 89.4 Å². The van der Waals surface area contributed by atoms with Gasteiger partial charge in [0, 0.05) is 12.1 Å². The van der Waals surface area contributed by atoms with Crippen molar-refractivity contribution in [2.75, 3.05) is 0 Å². The van der Waals surface area contributed by atoms with Gasteiger partial charge in [-0.1, -0.05) is 18.2 Å². The molecule has 144 valence electrons. The van der Waals surface area contributed by atoms with Crippen LogP contribution in [0.15, 0.2) is 66.9 Å². The molecule has 2 aromatic carbocycles. The van der Waals surface area contributed by atoms with E-state index < -0.39 is 11.8 Å². The van der Waals surface area contributed by atoms with Gasteiger partial charge in [-0.05, 0) is 47.5 Å². The summed E-state index contributed by atoms with van der Waals surface area (Å²) in [5.74, 6) is -1.09. The predicted molar refractivity (Wildman–Crippen MR) is 103 cm³/mol. The lowest BCUT2D eigenvalue weighted by molar-refractivity contribution is -0.131. The average Bonchev–Trinajstić information content (AvgIpc) is 2.74. The summed E-state index contributed by atoms with van der Waals surface area (Å²) in [7, 11) is 0. The van der Waals surface area contributed by atoms with Crippen LogP contribution in [0.1, 0.15) is 16.7 Å². The van der Waals surface area contributed by atoms with Crippen LogP contribution in [0.2, 0.25) is 0 Å². The predicted octanol–water partition coefficient (Wildman–Crippen LogP) is 4.56. The number of ether oxygens (including phenoxy) is 2. The highest BCUT2D eigenvalue weighted by Crippen LogP contribution is 2.25. The zero-order valence-electron chi connectivity index (χ0n) is 15.1. The number of nitriles is 1. The van der Waals surface area contributed by atoms with Crippen molar-refractivity contribution in [2.24, 2.45) is 0 Å². The highest BCUT2D eigenvalue weighted by molar-refractivity contribution is 5.85. The fourth-order valence-electron chi connectivity index (χ4n) is 2.34. The molecule has 0 fully saturated rings. The first-order valence-corrected chi connectivity index (χ1v) is 8.50. The summed E-state index contributed by atoms with van der Waals surface area (Å²) >= 11 is 0. The van der Waals surface area contributed by atoms with Crippen LogP contribution in [0.4, 0.5) is 4.39 Å². The van der Waals surface area contributed by atoms with E-state index in [1.54, 1.807) is 24.3 Å². The summed E-state index contributed by atoms with van der Waals surface area (Å²) in [4.78, 5) is 14.6. The van der Waals surface area contributed by atoms with Crippen molar-refractivity contribution in [1.29, 1.82) is 5.26 Å². The number of aromatic nitrogens is 1. The second kappa shape index (κ2) is 9.15. The van der Waals surface area contributed by atoms with E-state index in [9.17, 15) is 9.18 Å². The molecule has 0 atom stereocenters. The van der Waals surface area contributed by atoms with Crippen LogP contribution in [-0.4, -0.2) is 16.1 Å². The number of benzene rings is 2. The van der Waals surface area contributed by atoms with E-state index in [0.717, 1.165) is 11.6 Å². The molecular weight excluding hydrogens is 375 g/mol. The van der Waals surface area contributed by atoms with Crippen LogP contribution < -0.4 is 9.47 Å². The molecule has 0 spiro atoms. The van der Waals surface area contributed by atoms with Crippen molar-refractivity contribution in [2.45, 2.75) is 6.61 Å². The first kappa shape index (κ1) is 19.6. The van der Waals surface area contributed by atoms with Crippen molar-refractivity contribution in [1.82, 2.24) is 4.98 Å². The minimum absolute atomic E-state index is 0.0313. The Kier molecular flexibility index (Phi) is 6.18. The van der Waals surface area contributed by atoms with Crippen molar-refractivity contribution >= 4 is 12.0 Å². The molecular formula is C22H15FN2O4. The molecule has 1 aromatic heterocycles. The Morgan fingerprint density at radius 3 is 2.59 bits per heavy atom. The molecule has 1 N–H and O–H groups in total. The minimum atomic E-state index is -1.11. The van der Waals surface area contributed by atoms with Gasteiger partial charge in [0.15, 0.2) is 11.6 Å². The number of hydrogen-bond donors (Lipinski definition) is 1. The Balaban J connectivity index is 1.60. The lowest BCUT2D eigenvalue weighted by Gasteiger charge is -2.09. The second-order valence-electron chi connectivity index (χ2n) is 5.89. The van der Waals surface area contributed by atoms with E-state index in [1.165, 1.54) is 30.5 Å². The van der Waals surface area contributed by atoms with Gasteiger partial charge in [-0.15, -0.1) is 0 Å². The molecule has 6 nitrogen and oxygen atoms in total. The number of carbonyl (C=O) groups is 1. The molecule has 0 unspecified atom stereocenters. The van der Waals surface area contributed by atoms with E-state index in [2.05, 4.69) is 11.1 Å². The number of hydrogen-bond acceptors (Lipinski definition) is 5. The lowest BCUT2D eigenvalue weighted by Crippen LogP contribution is -1.97. The van der Waals surface area contributed by atoms with Crippen molar-refractivity contribution in [3.63, 3.8) is 0 Å². The minimum Gasteiger partial charge on any atom is -0.487 e. The standard InChI is InChI=1S/C22H15FN2O4/c23-19-11-15(6-10-22(26)27)5-8-20(19)29-21-9-7-18(13-25-21)28-14-17-3-1-16(12-24)2-4-17/h1-11,13H,14H2,(H,26,27). The Morgan fingerprint density at radius 1 is 1.17 bits per heavy atom. The van der Waals surface area contributed by atoms with Crippen molar-refractivity contribution < 1.29 is 23.8 Å². The van der Waals surface area contributed by atoms with Gasteiger partial charge in [0.25, 0.3) is 0 Å². The van der Waals surface area contributed by atoms with Crippen LogP contribution in [0.25, 0.3) is 6.08 Å². The molecule has 0 saturated carbocycles. The zero-order chi connectivity index (χ0) is 20.6. The molecule has 1 heterocycles. The summed E-state index contributed by atoms with van der Waals surface area (Å²) in [5, 5.41) is 17.4. The van der Waals surface area contributed by atoms with E-state index >= 15 is 0 Å². The summed E-state index contributed by atoms with van der Waals surface area (Å²) in [6, 6.07) is 16.4. The summed E-state index contributed by atoms with van der Waals surface area (Å²) < 4.78 is 25.2. The van der Waals surface area contributed by atoms with Crippen LogP contribution in [0.3, 0.4) is 0 Å². The summed E-state index contributed by atoms with van der Waals surface area (Å²) in [6.07, 6.45) is 3.67. The first-order valence-electron chi connectivity index (χ1n) is 8.50. The Bertz CT molecular complexity index is 1070. The third-order valence-electron chi connectivity index (χ3n) is 3.79. The maximum atomic E-state index is 14.1. The molecule has 0 amide bonds. The number of aliphatic carboxylic acids is 1. The van der Waals surface area contributed by atoms with Gasteiger partial charge in [-0.2, -0.15) is 5.26 Å². The van der Waals surface area contributed by atoms with E-state index in [0.29, 0.717) is 23.5 Å². The fourth-order valence-corrected chi connectivity index (χ4v) is 2.34. The van der Waals surface area contributed by atoms with Gasteiger partial charge in [-0.3, -0.25) is 0 Å². The number of carboxylic acids is 1. The smallest absolute Gasteiger partial charge is 0.328 e. The number of pyridine rings is 1.